The molecule has 17 heavy (non-hydrogen) atoms. The van der Waals surface area contributed by atoms with Crippen LogP contribution in [0, 0.1) is 0 Å². The lowest BCUT2D eigenvalue weighted by Gasteiger charge is -2.29. The number of quaternary nitrogens is 1. The van der Waals surface area contributed by atoms with Crippen LogP contribution in [0.5, 0.6) is 0 Å². The molecule has 0 heterocycles. The van der Waals surface area contributed by atoms with Gasteiger partial charge in [0.2, 0.25) is 0 Å². The maximum Gasteiger partial charge on any atom is 0.308 e. The first-order chi connectivity index (χ1) is 7.60. The summed E-state index contributed by atoms with van der Waals surface area (Å²) in [7, 11) is 5.60. The van der Waals surface area contributed by atoms with Gasteiger partial charge in [-0.05, 0) is 6.92 Å². The van der Waals surface area contributed by atoms with Crippen molar-refractivity contribution in [2.75, 3.05) is 27.7 Å². The van der Waals surface area contributed by atoms with E-state index in [-0.39, 0.29) is 12.8 Å². The van der Waals surface area contributed by atoms with Crippen molar-refractivity contribution in [1.82, 2.24) is 0 Å². The fraction of sp³-hybridized carbons (Fsp3) is 0.818. The number of hydrogen-bond donors (Lipinski definition) is 1. The molecule has 0 aliphatic heterocycles. The third-order valence-corrected chi connectivity index (χ3v) is 1.91. The molecule has 0 aromatic carbocycles. The zero-order chi connectivity index (χ0) is 13.6. The Morgan fingerprint density at radius 1 is 1.29 bits per heavy atom. The monoisotopic (exact) mass is 247 g/mol. The topological polar surface area (TPSA) is 86.7 Å². The Kier molecular flexibility index (Phi) is 6.12. The second-order valence-electron chi connectivity index (χ2n) is 5.21. The summed E-state index contributed by atoms with van der Waals surface area (Å²) in [5.41, 5.74) is 0. The molecule has 0 aliphatic carbocycles. The number of likely N-dealkylation sites (N-methyl/N-ethyl adjacent to an activating group) is 1. The zero-order valence-corrected chi connectivity index (χ0v) is 10.8. The maximum absolute atomic E-state index is 11.3. The molecule has 0 rings (SSSR count). The standard InChI is InChI=1S/C11H21NO5/c1-8(13)5-11(16)17-9(6-10(14)15)7-12(2,3)4/h8-9,13H,5-7H2,1-4H3/t8?,9-/m1/s1. The average molecular weight is 247 g/mol. The van der Waals surface area contributed by atoms with Gasteiger partial charge in [-0.1, -0.05) is 0 Å². The van der Waals surface area contributed by atoms with Gasteiger partial charge in [0.25, 0.3) is 0 Å². The second-order valence-corrected chi connectivity index (χ2v) is 5.21. The molecule has 2 atom stereocenters. The second kappa shape index (κ2) is 6.56. The van der Waals surface area contributed by atoms with Gasteiger partial charge in [0.15, 0.2) is 6.10 Å². The zero-order valence-electron chi connectivity index (χ0n) is 10.8. The summed E-state index contributed by atoms with van der Waals surface area (Å²) in [6, 6.07) is 0. The predicted molar refractivity (Wildman–Crippen MR) is 58.7 cm³/mol. The van der Waals surface area contributed by atoms with Crippen molar-refractivity contribution >= 4 is 11.9 Å². The van der Waals surface area contributed by atoms with Crippen LogP contribution in [-0.4, -0.2) is 61.4 Å². The fourth-order valence-corrected chi connectivity index (χ4v) is 1.42. The third-order valence-electron chi connectivity index (χ3n) is 1.91. The Labute approximate surface area is 101 Å². The van der Waals surface area contributed by atoms with E-state index in [1.54, 1.807) is 0 Å². The Balaban J connectivity index is 4.38. The SMILES string of the molecule is CC(O)CC(=O)O[C@H](CC(=O)[O-])C[N+](C)(C)C. The molecule has 6 heteroatoms. The minimum absolute atomic E-state index is 0.138. The molecular weight excluding hydrogens is 226 g/mol. The van der Waals surface area contributed by atoms with E-state index in [0.29, 0.717) is 11.0 Å². The highest BCUT2D eigenvalue weighted by Gasteiger charge is 2.22. The highest BCUT2D eigenvalue weighted by molar-refractivity contribution is 5.71. The smallest absolute Gasteiger partial charge is 0.308 e. The van der Waals surface area contributed by atoms with Crippen molar-refractivity contribution < 1.29 is 29.0 Å². The number of carboxylic acids is 1. The molecule has 0 aromatic heterocycles. The number of esters is 1. The molecule has 1 unspecified atom stereocenters. The van der Waals surface area contributed by atoms with E-state index >= 15 is 0 Å². The van der Waals surface area contributed by atoms with Gasteiger partial charge in [0.1, 0.15) is 6.54 Å². The third kappa shape index (κ3) is 9.77. The number of aliphatic hydroxyl groups is 1. The summed E-state index contributed by atoms with van der Waals surface area (Å²) < 4.78 is 5.48. The molecule has 0 aliphatic rings. The minimum atomic E-state index is -1.26. The Bertz CT molecular complexity index is 270. The number of carbonyl (C=O) groups is 2. The Morgan fingerprint density at radius 3 is 2.18 bits per heavy atom. The number of aliphatic hydroxyl groups excluding tert-OH is 1. The average Bonchev–Trinajstić information content (AvgIpc) is 1.95. The highest BCUT2D eigenvalue weighted by Crippen LogP contribution is 2.06. The van der Waals surface area contributed by atoms with Crippen molar-refractivity contribution in [3.05, 3.63) is 0 Å². The molecule has 0 radical (unpaired) electrons. The Hall–Kier alpha value is -1.14. The molecule has 0 bridgehead atoms. The van der Waals surface area contributed by atoms with Crippen molar-refractivity contribution in [3.63, 3.8) is 0 Å². The largest absolute Gasteiger partial charge is 0.550 e. The normalized spacial score (nSPS) is 15.1. The van der Waals surface area contributed by atoms with Crippen molar-refractivity contribution in [3.8, 4) is 0 Å². The molecule has 0 amide bonds. The first-order valence-electron chi connectivity index (χ1n) is 5.48. The number of aliphatic carboxylic acids is 1. The van der Waals surface area contributed by atoms with Gasteiger partial charge >= 0.3 is 5.97 Å². The fourth-order valence-electron chi connectivity index (χ4n) is 1.42. The molecule has 1 N–H and O–H groups in total. The molecule has 0 saturated heterocycles. The molecule has 0 aromatic rings. The van der Waals surface area contributed by atoms with Crippen LogP contribution in [0.4, 0.5) is 0 Å². The number of nitrogens with zero attached hydrogens (tertiary/aromatic N) is 1. The summed E-state index contributed by atoms with van der Waals surface area (Å²) in [4.78, 5) is 21.9. The van der Waals surface area contributed by atoms with Gasteiger partial charge in [-0.2, -0.15) is 0 Å². The van der Waals surface area contributed by atoms with Gasteiger partial charge in [-0.15, -0.1) is 0 Å². The van der Waals surface area contributed by atoms with Crippen LogP contribution in [0.3, 0.4) is 0 Å². The Morgan fingerprint density at radius 2 is 1.82 bits per heavy atom. The van der Waals surface area contributed by atoms with Gasteiger partial charge < -0.3 is 24.2 Å². The van der Waals surface area contributed by atoms with Crippen molar-refractivity contribution in [1.29, 1.82) is 0 Å². The van der Waals surface area contributed by atoms with E-state index in [1.165, 1.54) is 6.92 Å². The van der Waals surface area contributed by atoms with E-state index in [2.05, 4.69) is 0 Å². The number of ether oxygens (including phenoxy) is 1. The first-order valence-corrected chi connectivity index (χ1v) is 5.48. The number of carbonyl (C=O) groups excluding carboxylic acids is 2. The van der Waals surface area contributed by atoms with Crippen LogP contribution in [0.25, 0.3) is 0 Å². The lowest BCUT2D eigenvalue weighted by Crippen LogP contribution is -2.45. The summed E-state index contributed by atoms with van der Waals surface area (Å²) in [6.07, 6.45) is -2.00. The van der Waals surface area contributed by atoms with Gasteiger partial charge in [0, 0.05) is 12.4 Å². The van der Waals surface area contributed by atoms with Gasteiger partial charge in [-0.3, -0.25) is 4.79 Å². The van der Waals surface area contributed by atoms with Crippen LogP contribution in [0.1, 0.15) is 19.8 Å². The van der Waals surface area contributed by atoms with Gasteiger partial charge in [0.05, 0.1) is 33.7 Å². The van der Waals surface area contributed by atoms with Crippen LogP contribution >= 0.6 is 0 Å². The van der Waals surface area contributed by atoms with E-state index in [1.807, 2.05) is 21.1 Å². The van der Waals surface area contributed by atoms with E-state index in [9.17, 15) is 14.7 Å². The van der Waals surface area contributed by atoms with Crippen LogP contribution in [0.2, 0.25) is 0 Å². The van der Waals surface area contributed by atoms with Crippen LogP contribution in [0.15, 0.2) is 0 Å². The predicted octanol–water partition coefficient (Wildman–Crippen LogP) is -1.48. The molecule has 0 fully saturated rings. The van der Waals surface area contributed by atoms with Crippen LogP contribution in [-0.2, 0) is 14.3 Å². The highest BCUT2D eigenvalue weighted by atomic mass is 16.5. The quantitative estimate of drug-likeness (QED) is 0.438. The minimum Gasteiger partial charge on any atom is -0.550 e. The number of hydrogen-bond acceptors (Lipinski definition) is 5. The molecule has 100 valence electrons. The molecule has 0 saturated carbocycles. The van der Waals surface area contributed by atoms with E-state index in [0.717, 1.165) is 0 Å². The van der Waals surface area contributed by atoms with Crippen molar-refractivity contribution in [2.45, 2.75) is 32.0 Å². The molecule has 6 nitrogen and oxygen atoms in total. The van der Waals surface area contributed by atoms with Crippen molar-refractivity contribution in [2.24, 2.45) is 0 Å². The van der Waals surface area contributed by atoms with Crippen LogP contribution < -0.4 is 5.11 Å². The summed E-state index contributed by atoms with van der Waals surface area (Å²) in [5.74, 6) is -1.85. The molecular formula is C11H21NO5. The lowest BCUT2D eigenvalue weighted by atomic mass is 10.2. The molecule has 0 spiro atoms. The maximum atomic E-state index is 11.3. The summed E-state index contributed by atoms with van der Waals surface area (Å²) in [6.45, 7) is 1.84. The summed E-state index contributed by atoms with van der Waals surface area (Å²) >= 11 is 0. The number of carboxylic acid groups (broad SMARTS) is 1. The van der Waals surface area contributed by atoms with E-state index in [4.69, 9.17) is 9.84 Å². The first kappa shape index (κ1) is 15.9. The lowest BCUT2D eigenvalue weighted by molar-refractivity contribution is -0.873. The van der Waals surface area contributed by atoms with E-state index < -0.39 is 24.1 Å². The summed E-state index contributed by atoms with van der Waals surface area (Å²) in [5, 5.41) is 19.6. The van der Waals surface area contributed by atoms with Gasteiger partial charge in [-0.25, -0.2) is 0 Å². The number of rotatable bonds is 7.